The fraction of sp³-hybridized carbons (Fsp3) is 0.467. The van der Waals surface area contributed by atoms with E-state index in [0.29, 0.717) is 0 Å². The first-order chi connectivity index (χ1) is 10.9. The van der Waals surface area contributed by atoms with Crippen molar-refractivity contribution in [2.24, 2.45) is 0 Å². The van der Waals surface area contributed by atoms with Crippen LogP contribution in [0.1, 0.15) is 27.2 Å². The number of carboxylic acids is 1. The van der Waals surface area contributed by atoms with Gasteiger partial charge in [-0.3, -0.25) is 9.69 Å². The van der Waals surface area contributed by atoms with Crippen molar-refractivity contribution in [3.63, 3.8) is 0 Å². The van der Waals surface area contributed by atoms with Gasteiger partial charge in [0, 0.05) is 12.6 Å². The molecule has 0 spiro atoms. The number of aliphatic carboxylic acids is 1. The molecule has 0 radical (unpaired) electrons. The maximum atomic E-state index is 12.3. The second-order valence-corrected chi connectivity index (χ2v) is 5.82. The number of carboxylic acid groups (broad SMARTS) is 1. The van der Waals surface area contributed by atoms with Crippen LogP contribution in [0.2, 0.25) is 0 Å². The summed E-state index contributed by atoms with van der Waals surface area (Å²) in [4.78, 5) is 23.9. The van der Waals surface area contributed by atoms with Gasteiger partial charge in [0.05, 0.1) is 12.1 Å². The lowest BCUT2D eigenvalue weighted by atomic mass is 10.2. The smallest absolute Gasteiger partial charge is 0.481 e. The Hall–Kier alpha value is -2.45. The van der Waals surface area contributed by atoms with Gasteiger partial charge in [-0.25, -0.2) is 4.79 Å². The van der Waals surface area contributed by atoms with Gasteiger partial charge >= 0.3 is 18.4 Å². The zero-order valence-corrected chi connectivity index (χ0v) is 13.4. The van der Waals surface area contributed by atoms with Crippen LogP contribution in [0.15, 0.2) is 24.3 Å². The van der Waals surface area contributed by atoms with Crippen molar-refractivity contribution in [3.05, 3.63) is 24.3 Å². The average Bonchev–Trinajstić information content (AvgIpc) is 2.34. The molecule has 1 N–H and O–H groups in total. The van der Waals surface area contributed by atoms with Gasteiger partial charge < -0.3 is 14.6 Å². The lowest BCUT2D eigenvalue weighted by molar-refractivity contribution is -0.274. The molecule has 6 nitrogen and oxygen atoms in total. The summed E-state index contributed by atoms with van der Waals surface area (Å²) in [6.07, 6.45) is -6.15. The number of carbonyl (C=O) groups excluding carboxylic acids is 1. The Morgan fingerprint density at radius 1 is 1.21 bits per heavy atom. The van der Waals surface area contributed by atoms with Crippen LogP contribution >= 0.6 is 0 Å². The molecule has 0 aromatic heterocycles. The summed E-state index contributed by atoms with van der Waals surface area (Å²) < 4.78 is 45.9. The third-order valence-corrected chi connectivity index (χ3v) is 2.53. The quantitative estimate of drug-likeness (QED) is 0.875. The lowest BCUT2D eigenvalue weighted by Gasteiger charge is -2.27. The minimum Gasteiger partial charge on any atom is -0.481 e. The van der Waals surface area contributed by atoms with E-state index in [0.717, 1.165) is 17.0 Å². The van der Waals surface area contributed by atoms with Crippen LogP contribution in [0.25, 0.3) is 0 Å². The fourth-order valence-corrected chi connectivity index (χ4v) is 1.70. The molecule has 0 aliphatic carbocycles. The predicted octanol–water partition coefficient (Wildman–Crippen LogP) is 3.80. The maximum absolute atomic E-state index is 12.3. The molecule has 0 aliphatic rings. The third-order valence-electron chi connectivity index (χ3n) is 2.53. The molecular formula is C15H18F3NO5. The molecule has 1 amide bonds. The number of nitrogens with zero attached hydrogens (tertiary/aromatic N) is 1. The highest BCUT2D eigenvalue weighted by molar-refractivity contribution is 5.88. The highest BCUT2D eigenvalue weighted by atomic mass is 19.4. The first kappa shape index (κ1) is 19.6. The third kappa shape index (κ3) is 7.21. The first-order valence-corrected chi connectivity index (χ1v) is 6.95. The Balaban J connectivity index is 3.07. The number of hydrogen-bond acceptors (Lipinski definition) is 4. The van der Waals surface area contributed by atoms with Crippen LogP contribution in [0.4, 0.5) is 23.7 Å². The Kier molecular flexibility index (Phi) is 6.05. The molecule has 0 fully saturated rings. The van der Waals surface area contributed by atoms with Crippen molar-refractivity contribution in [3.8, 4) is 5.75 Å². The van der Waals surface area contributed by atoms with Gasteiger partial charge in [0.1, 0.15) is 11.4 Å². The summed E-state index contributed by atoms with van der Waals surface area (Å²) in [6, 6.07) is 4.67. The highest BCUT2D eigenvalue weighted by Gasteiger charge is 2.31. The molecule has 0 bridgehead atoms. The van der Waals surface area contributed by atoms with Crippen molar-refractivity contribution in [2.75, 3.05) is 11.4 Å². The van der Waals surface area contributed by atoms with Crippen molar-refractivity contribution >= 4 is 17.7 Å². The molecule has 0 saturated carbocycles. The average molecular weight is 349 g/mol. The number of alkyl halides is 3. The summed E-state index contributed by atoms with van der Waals surface area (Å²) in [5.74, 6) is -1.69. The van der Waals surface area contributed by atoms with E-state index in [1.165, 1.54) is 12.1 Å². The molecule has 9 heteroatoms. The molecular weight excluding hydrogens is 331 g/mol. The molecule has 0 heterocycles. The molecule has 1 rings (SSSR count). The molecule has 0 aliphatic heterocycles. The van der Waals surface area contributed by atoms with Crippen LogP contribution in [0, 0.1) is 0 Å². The normalized spacial score (nSPS) is 11.8. The van der Waals surface area contributed by atoms with E-state index in [1.807, 2.05) is 0 Å². The summed E-state index contributed by atoms with van der Waals surface area (Å²) >= 11 is 0. The highest BCUT2D eigenvalue weighted by Crippen LogP contribution is 2.27. The van der Waals surface area contributed by atoms with E-state index in [4.69, 9.17) is 9.84 Å². The van der Waals surface area contributed by atoms with Crippen LogP contribution in [-0.2, 0) is 9.53 Å². The first-order valence-electron chi connectivity index (χ1n) is 6.95. The second kappa shape index (κ2) is 7.41. The number of hydrogen-bond donors (Lipinski definition) is 1. The predicted molar refractivity (Wildman–Crippen MR) is 79.0 cm³/mol. The van der Waals surface area contributed by atoms with Crippen LogP contribution in [0.5, 0.6) is 5.75 Å². The second-order valence-electron chi connectivity index (χ2n) is 5.82. The molecule has 134 valence electrons. The topological polar surface area (TPSA) is 76.1 Å². The monoisotopic (exact) mass is 349 g/mol. The van der Waals surface area contributed by atoms with Crippen molar-refractivity contribution < 1.29 is 37.3 Å². The maximum Gasteiger partial charge on any atom is 0.573 e. The number of benzene rings is 1. The summed E-state index contributed by atoms with van der Waals surface area (Å²) in [5, 5.41) is 8.78. The van der Waals surface area contributed by atoms with Crippen molar-refractivity contribution in [2.45, 2.75) is 39.2 Å². The van der Waals surface area contributed by atoms with Gasteiger partial charge in [0.25, 0.3) is 0 Å². The Bertz CT molecular complexity index is 596. The standard InChI is InChI=1S/C15H18F3NO5/c1-14(2,3)24-13(22)19(8-7-12(20)21)10-5-4-6-11(9-10)23-15(16,17)18/h4-6,9H,7-8H2,1-3H3,(H,20,21). The number of ether oxygens (including phenoxy) is 2. The molecule has 1 aromatic rings. The molecule has 0 unspecified atom stereocenters. The van der Waals surface area contributed by atoms with E-state index >= 15 is 0 Å². The van der Waals surface area contributed by atoms with Crippen LogP contribution < -0.4 is 9.64 Å². The van der Waals surface area contributed by atoms with Gasteiger partial charge in [0.2, 0.25) is 0 Å². The van der Waals surface area contributed by atoms with Crippen LogP contribution in [0.3, 0.4) is 0 Å². The summed E-state index contributed by atoms with van der Waals surface area (Å²) in [5.41, 5.74) is -0.814. The largest absolute Gasteiger partial charge is 0.573 e. The van der Waals surface area contributed by atoms with Gasteiger partial charge in [-0.15, -0.1) is 13.2 Å². The van der Waals surface area contributed by atoms with Gasteiger partial charge in [-0.1, -0.05) is 6.07 Å². The number of anilines is 1. The van der Waals surface area contributed by atoms with Crippen molar-refractivity contribution in [1.29, 1.82) is 0 Å². The Morgan fingerprint density at radius 3 is 2.33 bits per heavy atom. The molecule has 0 atom stereocenters. The zero-order chi connectivity index (χ0) is 18.5. The SMILES string of the molecule is CC(C)(C)OC(=O)N(CCC(=O)O)c1cccc(OC(F)(F)F)c1. The summed E-state index contributed by atoms with van der Waals surface area (Å²) in [6.45, 7) is 4.58. The van der Waals surface area contributed by atoms with Crippen molar-refractivity contribution in [1.82, 2.24) is 0 Å². The minimum absolute atomic E-state index is 0.0345. The van der Waals surface area contributed by atoms with Gasteiger partial charge in [0.15, 0.2) is 0 Å². The van der Waals surface area contributed by atoms with E-state index in [2.05, 4.69) is 4.74 Å². The van der Waals surface area contributed by atoms with E-state index in [-0.39, 0.29) is 12.2 Å². The fourth-order valence-electron chi connectivity index (χ4n) is 1.70. The molecule has 1 aromatic carbocycles. The Labute approximate surface area is 136 Å². The number of amides is 1. The van der Waals surface area contributed by atoms with Gasteiger partial charge in [-0.05, 0) is 32.9 Å². The molecule has 0 saturated heterocycles. The lowest BCUT2D eigenvalue weighted by Crippen LogP contribution is -2.38. The molecule has 24 heavy (non-hydrogen) atoms. The van der Waals surface area contributed by atoms with Crippen LogP contribution in [-0.4, -0.2) is 35.7 Å². The van der Waals surface area contributed by atoms with E-state index in [1.54, 1.807) is 20.8 Å². The van der Waals surface area contributed by atoms with E-state index < -0.39 is 36.2 Å². The number of carbonyl (C=O) groups is 2. The number of halogens is 3. The van der Waals surface area contributed by atoms with Gasteiger partial charge in [-0.2, -0.15) is 0 Å². The van der Waals surface area contributed by atoms with E-state index in [9.17, 15) is 22.8 Å². The Morgan fingerprint density at radius 2 is 1.83 bits per heavy atom. The zero-order valence-electron chi connectivity index (χ0n) is 13.4. The number of rotatable bonds is 5. The summed E-state index contributed by atoms with van der Waals surface area (Å²) in [7, 11) is 0. The minimum atomic E-state index is -4.88.